The van der Waals surface area contributed by atoms with Gasteiger partial charge < -0.3 is 4.90 Å². The highest BCUT2D eigenvalue weighted by Gasteiger charge is 2.14. The second-order valence-corrected chi connectivity index (χ2v) is 6.02. The van der Waals surface area contributed by atoms with Crippen molar-refractivity contribution in [3.8, 4) is 0 Å². The van der Waals surface area contributed by atoms with Gasteiger partial charge in [-0.2, -0.15) is 0 Å². The zero-order valence-corrected chi connectivity index (χ0v) is 12.5. The van der Waals surface area contributed by atoms with Gasteiger partial charge in [-0.15, -0.1) is 0 Å². The quantitative estimate of drug-likeness (QED) is 0.617. The monoisotopic (exact) mass is 261 g/mol. The number of rotatable bonds is 4. The van der Waals surface area contributed by atoms with E-state index in [1.165, 1.54) is 21.6 Å². The Morgan fingerprint density at radius 2 is 1.95 bits per heavy atom. The molecule has 0 aliphatic rings. The molecule has 0 fully saturated rings. The summed E-state index contributed by atoms with van der Waals surface area (Å²) in [6.07, 6.45) is 1.13. The van der Waals surface area contributed by atoms with Crippen LogP contribution >= 0.6 is 0 Å². The highest BCUT2D eigenvalue weighted by atomic mass is 16.2. The summed E-state index contributed by atoms with van der Waals surface area (Å²) in [5.41, 5.74) is 3.91. The Labute approximate surface area is 115 Å². The van der Waals surface area contributed by atoms with E-state index in [4.69, 9.17) is 0 Å². The predicted molar refractivity (Wildman–Crippen MR) is 77.3 cm³/mol. The van der Waals surface area contributed by atoms with Crippen LogP contribution in [0.15, 0.2) is 18.2 Å². The molecule has 0 bridgehead atoms. The zero-order valence-electron chi connectivity index (χ0n) is 12.5. The molecular formula is C16H23NO2. The third kappa shape index (κ3) is 4.19. The Kier molecular flexibility index (Phi) is 4.87. The van der Waals surface area contributed by atoms with Crippen LogP contribution in [0, 0.1) is 6.92 Å². The van der Waals surface area contributed by atoms with Crippen LogP contribution in [0.25, 0.3) is 0 Å². The van der Waals surface area contributed by atoms with E-state index < -0.39 is 5.91 Å². The summed E-state index contributed by atoms with van der Waals surface area (Å²) in [4.78, 5) is 23.0. The first-order chi connectivity index (χ1) is 8.75. The molecular weight excluding hydrogens is 238 g/mol. The molecule has 104 valence electrons. The van der Waals surface area contributed by atoms with Gasteiger partial charge in [0.05, 0.1) is 0 Å². The highest BCUT2D eigenvalue weighted by Crippen LogP contribution is 2.24. The Bertz CT molecular complexity index is 472. The topological polar surface area (TPSA) is 37.4 Å². The number of aldehydes is 1. The maximum Gasteiger partial charge on any atom is 0.286 e. The van der Waals surface area contributed by atoms with E-state index in [0.717, 1.165) is 6.42 Å². The highest BCUT2D eigenvalue weighted by molar-refractivity contribution is 6.23. The summed E-state index contributed by atoms with van der Waals surface area (Å²) in [7, 11) is 1.65. The van der Waals surface area contributed by atoms with Crippen LogP contribution in [0.5, 0.6) is 0 Å². The number of benzene rings is 1. The van der Waals surface area contributed by atoms with Gasteiger partial charge in [-0.25, -0.2) is 0 Å². The van der Waals surface area contributed by atoms with Gasteiger partial charge in [0.1, 0.15) is 0 Å². The van der Waals surface area contributed by atoms with Crippen molar-refractivity contribution in [1.29, 1.82) is 0 Å². The largest absolute Gasteiger partial charge is 0.339 e. The molecule has 0 saturated heterocycles. The van der Waals surface area contributed by atoms with Crippen molar-refractivity contribution >= 4 is 12.2 Å². The number of hydrogen-bond acceptors (Lipinski definition) is 2. The van der Waals surface area contributed by atoms with Gasteiger partial charge in [0, 0.05) is 13.6 Å². The smallest absolute Gasteiger partial charge is 0.286 e. The Morgan fingerprint density at radius 3 is 2.42 bits per heavy atom. The normalized spacial score (nSPS) is 11.2. The molecule has 0 N–H and O–H groups in total. The second kappa shape index (κ2) is 6.00. The second-order valence-electron chi connectivity index (χ2n) is 6.02. The number of aryl methyl sites for hydroxylation is 1. The van der Waals surface area contributed by atoms with Gasteiger partial charge in [-0.3, -0.25) is 9.59 Å². The predicted octanol–water partition coefficient (Wildman–Crippen LogP) is 2.49. The molecule has 1 aromatic rings. The fraction of sp³-hybridized carbons (Fsp3) is 0.500. The van der Waals surface area contributed by atoms with Crippen LogP contribution in [-0.2, 0) is 21.4 Å². The molecule has 3 nitrogen and oxygen atoms in total. The summed E-state index contributed by atoms with van der Waals surface area (Å²) < 4.78 is 0. The minimum Gasteiger partial charge on any atom is -0.339 e. The SMILES string of the molecule is Cc1cc(C(C)(C)C)ccc1CCN(C)C(=O)C=O. The summed E-state index contributed by atoms with van der Waals surface area (Å²) >= 11 is 0. The molecule has 1 rings (SSSR count). The van der Waals surface area contributed by atoms with Crippen LogP contribution in [0.2, 0.25) is 0 Å². The molecule has 0 heterocycles. The van der Waals surface area contributed by atoms with Crippen molar-refractivity contribution in [3.63, 3.8) is 0 Å². The molecule has 1 amide bonds. The number of nitrogens with zero attached hydrogens (tertiary/aromatic N) is 1. The number of carbonyl (C=O) groups is 2. The standard InChI is InChI=1S/C16H23NO2/c1-12-10-14(16(2,3)4)7-6-13(12)8-9-17(5)15(19)11-18/h6-7,10-11H,8-9H2,1-5H3. The molecule has 0 radical (unpaired) electrons. The van der Waals surface area contributed by atoms with Gasteiger partial charge in [0.2, 0.25) is 6.29 Å². The first-order valence-electron chi connectivity index (χ1n) is 6.56. The van der Waals surface area contributed by atoms with Crippen molar-refractivity contribution in [2.45, 2.75) is 39.5 Å². The van der Waals surface area contributed by atoms with Gasteiger partial charge >= 0.3 is 0 Å². The van der Waals surface area contributed by atoms with Gasteiger partial charge in [0.15, 0.2) is 0 Å². The van der Waals surface area contributed by atoms with Crippen molar-refractivity contribution in [2.75, 3.05) is 13.6 Å². The average Bonchev–Trinajstić information content (AvgIpc) is 2.34. The first kappa shape index (κ1) is 15.4. The minimum atomic E-state index is -0.469. The van der Waals surface area contributed by atoms with Crippen molar-refractivity contribution < 1.29 is 9.59 Å². The lowest BCUT2D eigenvalue weighted by Gasteiger charge is -2.21. The molecule has 0 aliphatic heterocycles. The zero-order chi connectivity index (χ0) is 14.6. The molecule has 0 aromatic heterocycles. The van der Waals surface area contributed by atoms with E-state index in [-0.39, 0.29) is 5.41 Å². The third-order valence-corrected chi connectivity index (χ3v) is 3.40. The number of hydrogen-bond donors (Lipinski definition) is 0. The maximum atomic E-state index is 11.2. The van der Waals surface area contributed by atoms with Gasteiger partial charge in [0.25, 0.3) is 5.91 Å². The summed E-state index contributed by atoms with van der Waals surface area (Å²) in [5, 5.41) is 0. The van der Waals surface area contributed by atoms with Crippen LogP contribution in [0.3, 0.4) is 0 Å². The Hall–Kier alpha value is -1.64. The maximum absolute atomic E-state index is 11.2. The molecule has 0 saturated carbocycles. The number of likely N-dealkylation sites (N-methyl/N-ethyl adjacent to an activating group) is 1. The van der Waals surface area contributed by atoms with Gasteiger partial charge in [-0.05, 0) is 35.4 Å². The van der Waals surface area contributed by atoms with E-state index in [2.05, 4.69) is 45.9 Å². The number of carbonyl (C=O) groups excluding carboxylic acids is 2. The molecule has 0 unspecified atom stereocenters. The molecule has 0 atom stereocenters. The van der Waals surface area contributed by atoms with Crippen molar-refractivity contribution in [1.82, 2.24) is 4.90 Å². The lowest BCUT2D eigenvalue weighted by atomic mass is 9.85. The molecule has 0 aliphatic carbocycles. The lowest BCUT2D eigenvalue weighted by molar-refractivity contribution is -0.137. The van der Waals surface area contributed by atoms with Crippen LogP contribution in [0.1, 0.15) is 37.5 Å². The van der Waals surface area contributed by atoms with Crippen LogP contribution in [-0.4, -0.2) is 30.7 Å². The Morgan fingerprint density at radius 1 is 1.32 bits per heavy atom. The third-order valence-electron chi connectivity index (χ3n) is 3.40. The van der Waals surface area contributed by atoms with Crippen molar-refractivity contribution in [2.24, 2.45) is 0 Å². The minimum absolute atomic E-state index is 0.146. The fourth-order valence-corrected chi connectivity index (χ4v) is 1.93. The van der Waals surface area contributed by atoms with E-state index in [1.807, 2.05) is 0 Å². The molecule has 1 aromatic carbocycles. The molecule has 3 heteroatoms. The average molecular weight is 261 g/mol. The molecule has 19 heavy (non-hydrogen) atoms. The summed E-state index contributed by atoms with van der Waals surface area (Å²) in [5.74, 6) is -0.469. The van der Waals surface area contributed by atoms with E-state index in [1.54, 1.807) is 7.05 Å². The van der Waals surface area contributed by atoms with Crippen molar-refractivity contribution in [3.05, 3.63) is 34.9 Å². The van der Waals surface area contributed by atoms with Crippen LogP contribution < -0.4 is 0 Å². The Balaban J connectivity index is 2.76. The van der Waals surface area contributed by atoms with Crippen LogP contribution in [0.4, 0.5) is 0 Å². The number of amides is 1. The van der Waals surface area contributed by atoms with E-state index in [9.17, 15) is 9.59 Å². The first-order valence-corrected chi connectivity index (χ1v) is 6.56. The molecule has 0 spiro atoms. The van der Waals surface area contributed by atoms with E-state index >= 15 is 0 Å². The van der Waals surface area contributed by atoms with Gasteiger partial charge in [-0.1, -0.05) is 39.0 Å². The fourth-order valence-electron chi connectivity index (χ4n) is 1.93. The summed E-state index contributed by atoms with van der Waals surface area (Å²) in [6.45, 7) is 9.23. The lowest BCUT2D eigenvalue weighted by Crippen LogP contribution is -2.29. The summed E-state index contributed by atoms with van der Waals surface area (Å²) in [6, 6.07) is 6.47. The van der Waals surface area contributed by atoms with E-state index in [0.29, 0.717) is 12.8 Å².